The van der Waals surface area contributed by atoms with Crippen LogP contribution in [0.3, 0.4) is 0 Å². The molecular formula is C13H16O4. The fourth-order valence-corrected chi connectivity index (χ4v) is 2.07. The Balaban J connectivity index is 2.09. The van der Waals surface area contributed by atoms with E-state index in [1.165, 1.54) is 0 Å². The highest BCUT2D eigenvalue weighted by Gasteiger charge is 2.56. The van der Waals surface area contributed by atoms with Crippen molar-refractivity contribution in [2.75, 3.05) is 6.61 Å². The fraction of sp³-hybridized carbons (Fsp3) is 0.462. The smallest absolute Gasteiger partial charge is 0.339 e. The van der Waals surface area contributed by atoms with E-state index in [-0.39, 0.29) is 0 Å². The molecule has 2 unspecified atom stereocenters. The minimum atomic E-state index is -1.16. The number of ether oxygens (including phenoxy) is 2. The zero-order chi connectivity index (χ0) is 12.3. The number of benzene rings is 1. The predicted molar refractivity (Wildman–Crippen MR) is 62.1 cm³/mol. The maximum Gasteiger partial charge on any atom is 0.339 e. The molecular weight excluding hydrogens is 220 g/mol. The lowest BCUT2D eigenvalue weighted by Gasteiger charge is -2.44. The van der Waals surface area contributed by atoms with Gasteiger partial charge >= 0.3 is 5.97 Å². The number of hydrogen-bond acceptors (Lipinski definition) is 3. The summed E-state index contributed by atoms with van der Waals surface area (Å²) in [5.74, 6) is -0.256. The largest absolute Gasteiger partial charge is 0.487 e. The van der Waals surface area contributed by atoms with Crippen LogP contribution in [0.5, 0.6) is 5.75 Å². The molecule has 92 valence electrons. The standard InChI is InChI=1S/C13H16O4/c1-2-16-13(12(14)15)9-8-11(13)17-10-6-4-3-5-7-10/h3-7,11H,2,8-9H2,1H3,(H,14,15). The van der Waals surface area contributed by atoms with Gasteiger partial charge in [0.1, 0.15) is 11.9 Å². The van der Waals surface area contributed by atoms with Crippen molar-refractivity contribution in [3.05, 3.63) is 30.3 Å². The zero-order valence-electron chi connectivity index (χ0n) is 9.76. The monoisotopic (exact) mass is 236 g/mol. The summed E-state index contributed by atoms with van der Waals surface area (Å²) in [6.45, 7) is 2.17. The van der Waals surface area contributed by atoms with Gasteiger partial charge in [0.2, 0.25) is 5.60 Å². The molecule has 0 amide bonds. The third kappa shape index (κ3) is 2.13. The van der Waals surface area contributed by atoms with Gasteiger partial charge in [-0.25, -0.2) is 4.79 Å². The van der Waals surface area contributed by atoms with E-state index >= 15 is 0 Å². The molecule has 1 N–H and O–H groups in total. The van der Waals surface area contributed by atoms with Gasteiger partial charge in [-0.1, -0.05) is 18.2 Å². The van der Waals surface area contributed by atoms with Gasteiger partial charge in [-0.3, -0.25) is 0 Å². The van der Waals surface area contributed by atoms with E-state index in [1.807, 2.05) is 30.3 Å². The lowest BCUT2D eigenvalue weighted by molar-refractivity contribution is -0.202. The maximum atomic E-state index is 11.3. The van der Waals surface area contributed by atoms with Crippen LogP contribution in [-0.2, 0) is 9.53 Å². The molecule has 0 bridgehead atoms. The van der Waals surface area contributed by atoms with E-state index in [2.05, 4.69) is 0 Å². The second kappa shape index (κ2) is 4.75. The molecule has 2 rings (SSSR count). The third-order valence-electron chi connectivity index (χ3n) is 3.08. The minimum absolute atomic E-state index is 0.376. The topological polar surface area (TPSA) is 55.8 Å². The quantitative estimate of drug-likeness (QED) is 0.850. The predicted octanol–water partition coefficient (Wildman–Crippen LogP) is 2.09. The molecule has 0 radical (unpaired) electrons. The summed E-state index contributed by atoms with van der Waals surface area (Å²) >= 11 is 0. The molecule has 0 aromatic heterocycles. The molecule has 1 fully saturated rings. The number of para-hydroxylation sites is 1. The van der Waals surface area contributed by atoms with Crippen molar-refractivity contribution in [3.63, 3.8) is 0 Å². The van der Waals surface area contributed by atoms with Crippen molar-refractivity contribution in [2.45, 2.75) is 31.5 Å². The minimum Gasteiger partial charge on any atom is -0.487 e. The Hall–Kier alpha value is -1.55. The first-order valence-corrected chi connectivity index (χ1v) is 5.78. The van der Waals surface area contributed by atoms with Crippen LogP contribution in [0.2, 0.25) is 0 Å². The van der Waals surface area contributed by atoms with Crippen molar-refractivity contribution in [2.24, 2.45) is 0 Å². The summed E-state index contributed by atoms with van der Waals surface area (Å²) < 4.78 is 11.1. The Bertz CT molecular complexity index is 390. The molecule has 1 aliphatic carbocycles. The van der Waals surface area contributed by atoms with Crippen LogP contribution in [0.1, 0.15) is 19.8 Å². The number of carbonyl (C=O) groups is 1. The summed E-state index contributed by atoms with van der Waals surface area (Å²) in [4.78, 5) is 11.3. The molecule has 0 spiro atoms. The van der Waals surface area contributed by atoms with Crippen LogP contribution < -0.4 is 4.74 Å². The van der Waals surface area contributed by atoms with Crippen LogP contribution in [0.15, 0.2) is 30.3 Å². The molecule has 1 aromatic carbocycles. The number of rotatable bonds is 5. The fourth-order valence-electron chi connectivity index (χ4n) is 2.07. The molecule has 0 saturated heterocycles. The van der Waals surface area contributed by atoms with Crippen LogP contribution in [0.25, 0.3) is 0 Å². The van der Waals surface area contributed by atoms with Crippen LogP contribution in [0.4, 0.5) is 0 Å². The van der Waals surface area contributed by atoms with Crippen LogP contribution in [-0.4, -0.2) is 29.4 Å². The lowest BCUT2D eigenvalue weighted by atomic mass is 9.76. The van der Waals surface area contributed by atoms with Crippen molar-refractivity contribution in [1.29, 1.82) is 0 Å². The third-order valence-corrected chi connectivity index (χ3v) is 3.08. The summed E-state index contributed by atoms with van der Waals surface area (Å²) in [6, 6.07) is 9.24. The number of hydrogen-bond donors (Lipinski definition) is 1. The Morgan fingerprint density at radius 3 is 2.65 bits per heavy atom. The summed E-state index contributed by atoms with van der Waals surface area (Å²) in [6.07, 6.45) is 0.817. The molecule has 1 aliphatic rings. The molecule has 4 nitrogen and oxygen atoms in total. The molecule has 17 heavy (non-hydrogen) atoms. The molecule has 0 heterocycles. The van der Waals surface area contributed by atoms with Crippen LogP contribution >= 0.6 is 0 Å². The highest BCUT2D eigenvalue weighted by atomic mass is 16.6. The molecule has 0 aliphatic heterocycles. The second-order valence-corrected chi connectivity index (χ2v) is 4.09. The first-order valence-electron chi connectivity index (χ1n) is 5.78. The summed E-state index contributed by atoms with van der Waals surface area (Å²) in [5, 5.41) is 9.26. The molecule has 1 aromatic rings. The Morgan fingerprint density at radius 2 is 2.18 bits per heavy atom. The highest BCUT2D eigenvalue weighted by Crippen LogP contribution is 2.39. The maximum absolute atomic E-state index is 11.3. The number of carboxylic acids is 1. The van der Waals surface area contributed by atoms with Gasteiger partial charge in [0, 0.05) is 6.61 Å². The lowest BCUT2D eigenvalue weighted by Crippen LogP contribution is -2.61. The first-order chi connectivity index (χ1) is 8.19. The summed E-state index contributed by atoms with van der Waals surface area (Å²) in [5.41, 5.74) is -1.16. The highest BCUT2D eigenvalue weighted by molar-refractivity contribution is 5.80. The van der Waals surface area contributed by atoms with E-state index in [0.717, 1.165) is 0 Å². The normalized spacial score (nSPS) is 27.2. The van der Waals surface area contributed by atoms with E-state index in [0.29, 0.717) is 25.2 Å². The Labute approximate surface area is 100 Å². The van der Waals surface area contributed by atoms with Gasteiger partial charge < -0.3 is 14.6 Å². The number of carboxylic acid groups (broad SMARTS) is 1. The van der Waals surface area contributed by atoms with Crippen molar-refractivity contribution in [1.82, 2.24) is 0 Å². The molecule has 2 atom stereocenters. The van der Waals surface area contributed by atoms with E-state index in [9.17, 15) is 9.90 Å². The summed E-state index contributed by atoms with van der Waals surface area (Å²) in [7, 11) is 0. The number of aliphatic carboxylic acids is 1. The molecule has 1 saturated carbocycles. The Morgan fingerprint density at radius 1 is 1.47 bits per heavy atom. The van der Waals surface area contributed by atoms with E-state index < -0.39 is 17.7 Å². The van der Waals surface area contributed by atoms with Gasteiger partial charge in [-0.2, -0.15) is 0 Å². The Kier molecular flexibility index (Phi) is 3.33. The van der Waals surface area contributed by atoms with Crippen LogP contribution in [0, 0.1) is 0 Å². The van der Waals surface area contributed by atoms with Crippen molar-refractivity contribution in [3.8, 4) is 5.75 Å². The van der Waals surface area contributed by atoms with E-state index in [4.69, 9.17) is 9.47 Å². The van der Waals surface area contributed by atoms with Crippen molar-refractivity contribution >= 4 is 5.97 Å². The van der Waals surface area contributed by atoms with Gasteiger partial charge in [-0.15, -0.1) is 0 Å². The first kappa shape index (κ1) is 11.9. The average molecular weight is 236 g/mol. The second-order valence-electron chi connectivity index (χ2n) is 4.09. The van der Waals surface area contributed by atoms with Gasteiger partial charge in [0.25, 0.3) is 0 Å². The van der Waals surface area contributed by atoms with Gasteiger partial charge in [0.15, 0.2) is 0 Å². The van der Waals surface area contributed by atoms with E-state index in [1.54, 1.807) is 6.92 Å². The van der Waals surface area contributed by atoms with Gasteiger partial charge in [0.05, 0.1) is 0 Å². The average Bonchev–Trinajstić information content (AvgIpc) is 2.32. The SMILES string of the molecule is CCOC1(C(=O)O)CCC1Oc1ccccc1. The molecule has 4 heteroatoms. The van der Waals surface area contributed by atoms with Crippen molar-refractivity contribution < 1.29 is 19.4 Å². The zero-order valence-corrected chi connectivity index (χ0v) is 9.76. The van der Waals surface area contributed by atoms with Gasteiger partial charge in [-0.05, 0) is 31.9 Å².